The molecule has 2 saturated carbocycles. The highest BCUT2D eigenvalue weighted by atomic mass is 16.5. The maximum absolute atomic E-state index is 6.01. The molecule has 7 rings (SSSR count). The molecule has 0 spiro atoms. The summed E-state index contributed by atoms with van der Waals surface area (Å²) in [6.07, 6.45) is 8.81. The van der Waals surface area contributed by atoms with Gasteiger partial charge in [0.05, 0.1) is 19.3 Å². The molecule has 0 amide bonds. The summed E-state index contributed by atoms with van der Waals surface area (Å²) in [4.78, 5) is 17.6. The maximum Gasteiger partial charge on any atom is 0.217 e. The van der Waals surface area contributed by atoms with Gasteiger partial charge in [0.2, 0.25) is 17.6 Å². The Hall–Kier alpha value is -3.60. The number of tetrazole rings is 1. The van der Waals surface area contributed by atoms with Crippen molar-refractivity contribution in [2.24, 2.45) is 17.8 Å². The van der Waals surface area contributed by atoms with Crippen molar-refractivity contribution in [1.29, 1.82) is 0 Å². The first kappa shape index (κ1) is 26.3. The zero-order valence-corrected chi connectivity index (χ0v) is 24.0. The van der Waals surface area contributed by atoms with Gasteiger partial charge in [-0.15, -0.1) is 5.10 Å². The SMILES string of the molecule is CC1CCC(Cn2c(N3CCOC[C@H]3c3ccccc3)nc3nc(-c4nnn[nH]4)nc(N[C@H](C)C4CCC4)c32)CC1. The zero-order valence-electron chi connectivity index (χ0n) is 24.0. The number of benzene rings is 1. The van der Waals surface area contributed by atoms with Gasteiger partial charge in [0.1, 0.15) is 5.52 Å². The molecular formula is C30H40N10O. The number of aromatic amines is 1. The Morgan fingerprint density at radius 2 is 1.88 bits per heavy atom. The molecule has 2 aliphatic carbocycles. The molecule has 3 aromatic heterocycles. The zero-order chi connectivity index (χ0) is 27.8. The summed E-state index contributed by atoms with van der Waals surface area (Å²) >= 11 is 0. The summed E-state index contributed by atoms with van der Waals surface area (Å²) in [7, 11) is 0. The van der Waals surface area contributed by atoms with Crippen molar-refractivity contribution in [3.63, 3.8) is 0 Å². The Balaban J connectivity index is 1.37. The van der Waals surface area contributed by atoms with Gasteiger partial charge in [0.15, 0.2) is 11.5 Å². The summed E-state index contributed by atoms with van der Waals surface area (Å²) < 4.78 is 8.42. The van der Waals surface area contributed by atoms with Crippen LogP contribution in [-0.4, -0.2) is 65.9 Å². The molecule has 0 bridgehead atoms. The Morgan fingerprint density at radius 3 is 2.61 bits per heavy atom. The number of ether oxygens (including phenoxy) is 1. The van der Waals surface area contributed by atoms with Crippen molar-refractivity contribution in [3.05, 3.63) is 35.9 Å². The number of rotatable bonds is 8. The number of imidazole rings is 1. The van der Waals surface area contributed by atoms with E-state index in [0.29, 0.717) is 48.4 Å². The van der Waals surface area contributed by atoms with Gasteiger partial charge in [-0.05, 0) is 66.4 Å². The number of aromatic nitrogens is 8. The summed E-state index contributed by atoms with van der Waals surface area (Å²) in [5.41, 5.74) is 2.88. The average molecular weight is 557 g/mol. The summed E-state index contributed by atoms with van der Waals surface area (Å²) in [5.74, 6) is 4.69. The summed E-state index contributed by atoms with van der Waals surface area (Å²) in [6.45, 7) is 7.60. The molecule has 3 aliphatic rings. The van der Waals surface area contributed by atoms with Crippen molar-refractivity contribution in [1.82, 2.24) is 40.1 Å². The van der Waals surface area contributed by atoms with Crippen molar-refractivity contribution in [2.45, 2.75) is 77.4 Å². The second-order valence-electron chi connectivity index (χ2n) is 12.3. The lowest BCUT2D eigenvalue weighted by Crippen LogP contribution is -2.41. The van der Waals surface area contributed by atoms with Crippen LogP contribution in [0.5, 0.6) is 0 Å². The number of morpholine rings is 1. The smallest absolute Gasteiger partial charge is 0.217 e. The first-order valence-corrected chi connectivity index (χ1v) is 15.3. The molecule has 1 aromatic carbocycles. The second kappa shape index (κ2) is 11.3. The fraction of sp³-hybridized carbons (Fsp3) is 0.600. The minimum Gasteiger partial charge on any atom is -0.377 e. The molecule has 2 atom stereocenters. The molecule has 41 heavy (non-hydrogen) atoms. The molecule has 4 heterocycles. The van der Waals surface area contributed by atoms with Crippen LogP contribution in [0.4, 0.5) is 11.8 Å². The first-order chi connectivity index (χ1) is 20.1. The number of H-pyrrole nitrogens is 1. The van der Waals surface area contributed by atoms with Gasteiger partial charge in [-0.3, -0.25) is 0 Å². The number of nitrogens with one attached hydrogen (secondary N) is 2. The third-order valence-corrected chi connectivity index (χ3v) is 9.51. The Kier molecular flexibility index (Phi) is 7.28. The highest BCUT2D eigenvalue weighted by Gasteiger charge is 2.33. The molecule has 4 aromatic rings. The van der Waals surface area contributed by atoms with Crippen LogP contribution in [0.3, 0.4) is 0 Å². The van der Waals surface area contributed by atoms with Crippen LogP contribution < -0.4 is 10.2 Å². The predicted molar refractivity (Wildman–Crippen MR) is 157 cm³/mol. The summed E-state index contributed by atoms with van der Waals surface area (Å²) in [6, 6.07) is 11.0. The highest BCUT2D eigenvalue weighted by molar-refractivity contribution is 5.87. The lowest BCUT2D eigenvalue weighted by atomic mass is 9.80. The van der Waals surface area contributed by atoms with Gasteiger partial charge in [-0.1, -0.05) is 56.5 Å². The van der Waals surface area contributed by atoms with E-state index in [4.69, 9.17) is 19.7 Å². The lowest BCUT2D eigenvalue weighted by Gasteiger charge is -2.37. The van der Waals surface area contributed by atoms with E-state index in [-0.39, 0.29) is 6.04 Å². The normalized spacial score (nSPS) is 24.3. The van der Waals surface area contributed by atoms with Crippen molar-refractivity contribution < 1.29 is 4.74 Å². The van der Waals surface area contributed by atoms with Crippen LogP contribution in [0.25, 0.3) is 22.8 Å². The molecule has 11 heteroatoms. The van der Waals surface area contributed by atoms with Crippen LogP contribution in [0.15, 0.2) is 30.3 Å². The predicted octanol–water partition coefficient (Wildman–Crippen LogP) is 5.01. The van der Waals surface area contributed by atoms with Crippen molar-refractivity contribution in [3.8, 4) is 11.6 Å². The number of anilines is 2. The Bertz CT molecular complexity index is 1440. The van der Waals surface area contributed by atoms with Crippen LogP contribution in [0, 0.1) is 17.8 Å². The van der Waals surface area contributed by atoms with E-state index in [0.717, 1.165) is 36.3 Å². The molecule has 2 N–H and O–H groups in total. The second-order valence-corrected chi connectivity index (χ2v) is 12.3. The van der Waals surface area contributed by atoms with E-state index in [2.05, 4.69) is 79.6 Å². The first-order valence-electron chi connectivity index (χ1n) is 15.3. The van der Waals surface area contributed by atoms with Gasteiger partial charge in [-0.2, -0.15) is 4.98 Å². The third kappa shape index (κ3) is 5.27. The monoisotopic (exact) mass is 556 g/mol. The Morgan fingerprint density at radius 1 is 1.05 bits per heavy atom. The van der Waals surface area contributed by atoms with Gasteiger partial charge < -0.3 is 19.5 Å². The molecule has 216 valence electrons. The van der Waals surface area contributed by atoms with Crippen molar-refractivity contribution >= 4 is 22.9 Å². The molecule has 11 nitrogen and oxygen atoms in total. The summed E-state index contributed by atoms with van der Waals surface area (Å²) in [5, 5.41) is 18.3. The van der Waals surface area contributed by atoms with E-state index < -0.39 is 0 Å². The Labute approximate surface area is 240 Å². The van der Waals surface area contributed by atoms with E-state index in [9.17, 15) is 0 Å². The van der Waals surface area contributed by atoms with Crippen LogP contribution in [0.2, 0.25) is 0 Å². The van der Waals surface area contributed by atoms with Gasteiger partial charge in [-0.25, -0.2) is 15.1 Å². The van der Waals surface area contributed by atoms with E-state index >= 15 is 0 Å². The minimum absolute atomic E-state index is 0.0723. The minimum atomic E-state index is 0.0723. The molecule has 1 aliphatic heterocycles. The van der Waals surface area contributed by atoms with E-state index in [1.165, 1.54) is 50.5 Å². The van der Waals surface area contributed by atoms with E-state index in [1.54, 1.807) is 0 Å². The van der Waals surface area contributed by atoms with E-state index in [1.807, 2.05) is 0 Å². The topological polar surface area (TPSA) is 123 Å². The van der Waals surface area contributed by atoms with Gasteiger partial charge in [0, 0.05) is 19.1 Å². The number of nitrogens with zero attached hydrogens (tertiary/aromatic N) is 8. The largest absolute Gasteiger partial charge is 0.377 e. The molecule has 0 unspecified atom stereocenters. The number of fused-ring (bicyclic) bond motifs is 1. The third-order valence-electron chi connectivity index (χ3n) is 9.51. The quantitative estimate of drug-likeness (QED) is 0.308. The van der Waals surface area contributed by atoms with Crippen molar-refractivity contribution in [2.75, 3.05) is 30.0 Å². The standard InChI is InChI=1S/C30H40N10O/c1-19-11-13-21(14-12-19)17-40-25-26(31-20(2)22-9-6-10-22)32-28(29-35-37-38-36-29)33-27(25)34-30(40)39-15-16-41-18-24(39)23-7-4-3-5-8-23/h3-5,7-8,19-22,24H,6,9-18H2,1-2H3,(H,31,32,33)(H,35,36,37,38)/t19?,20-,21?,24+/m1/s1. The molecule has 3 fully saturated rings. The molecule has 1 saturated heterocycles. The van der Waals surface area contributed by atoms with Gasteiger partial charge >= 0.3 is 0 Å². The van der Waals surface area contributed by atoms with Crippen LogP contribution in [-0.2, 0) is 11.3 Å². The maximum atomic E-state index is 6.01. The fourth-order valence-electron chi connectivity index (χ4n) is 6.71. The highest BCUT2D eigenvalue weighted by Crippen LogP contribution is 2.38. The lowest BCUT2D eigenvalue weighted by molar-refractivity contribution is 0.0927. The average Bonchev–Trinajstić information content (AvgIpc) is 3.63. The van der Waals surface area contributed by atoms with Crippen LogP contribution in [0.1, 0.15) is 70.4 Å². The molecular weight excluding hydrogens is 516 g/mol. The molecule has 0 radical (unpaired) electrons. The number of hydrogen-bond acceptors (Lipinski definition) is 9. The fourth-order valence-corrected chi connectivity index (χ4v) is 6.71. The van der Waals surface area contributed by atoms with Crippen LogP contribution >= 0.6 is 0 Å². The number of hydrogen-bond donors (Lipinski definition) is 2. The van der Waals surface area contributed by atoms with Gasteiger partial charge in [0.25, 0.3) is 0 Å².